The molecule has 0 spiro atoms. The van der Waals surface area contributed by atoms with Crippen LogP contribution in [0.4, 0.5) is 8.78 Å². The molecule has 0 fully saturated rings. The minimum absolute atomic E-state index is 0.185. The summed E-state index contributed by atoms with van der Waals surface area (Å²) in [5, 5.41) is 0.868. The Morgan fingerprint density at radius 2 is 1.88 bits per heavy atom. The van der Waals surface area contributed by atoms with Gasteiger partial charge in [-0.15, -0.1) is 0 Å². The molecular weight excluding hydrogens is 344 g/mol. The quantitative estimate of drug-likeness (QED) is 0.704. The van der Waals surface area contributed by atoms with Gasteiger partial charge in [0.1, 0.15) is 5.69 Å². The molecule has 5 heteroatoms. The van der Waals surface area contributed by atoms with Crippen LogP contribution in [0, 0.1) is 6.92 Å². The second-order valence-corrected chi connectivity index (χ2v) is 5.22. The highest BCUT2D eigenvalue weighted by Gasteiger charge is 2.13. The number of benzene rings is 1. The molecule has 0 saturated heterocycles. The van der Waals surface area contributed by atoms with Crippen molar-refractivity contribution in [2.45, 2.75) is 13.3 Å². The summed E-state index contributed by atoms with van der Waals surface area (Å²) in [4.78, 5) is 3.95. The minimum Gasteiger partial charge on any atom is -0.247 e. The number of aromatic nitrogens is 1. The smallest absolute Gasteiger partial charge is 0.247 e. The Balaban J connectivity index is 2.81. The van der Waals surface area contributed by atoms with E-state index in [-0.39, 0.29) is 5.69 Å². The molecule has 2 rings (SSSR count). The number of aryl methyl sites for hydroxylation is 1. The first kappa shape index (κ1) is 11.9. The molecule has 1 aromatic carbocycles. The highest BCUT2D eigenvalue weighted by Crippen LogP contribution is 2.31. The second kappa shape index (κ2) is 4.37. The summed E-state index contributed by atoms with van der Waals surface area (Å²) < 4.78 is 26.8. The molecule has 0 saturated carbocycles. The van der Waals surface area contributed by atoms with E-state index in [9.17, 15) is 8.78 Å². The summed E-state index contributed by atoms with van der Waals surface area (Å²) in [7, 11) is 0. The lowest BCUT2D eigenvalue weighted by Crippen LogP contribution is -1.94. The molecule has 0 radical (unpaired) electrons. The Hall–Kier alpha value is -0.550. The van der Waals surface area contributed by atoms with E-state index in [0.717, 1.165) is 19.9 Å². The normalized spacial score (nSPS) is 11.4. The van der Waals surface area contributed by atoms with Gasteiger partial charge in [-0.3, -0.25) is 0 Å². The third-order valence-corrected chi connectivity index (χ3v) is 3.35. The average molecular weight is 351 g/mol. The molecule has 0 aliphatic carbocycles. The first-order chi connectivity index (χ1) is 7.49. The van der Waals surface area contributed by atoms with E-state index in [2.05, 4.69) is 36.8 Å². The molecular formula is C11H7Br2F2N. The molecule has 0 unspecified atom stereocenters. The average Bonchev–Trinajstić information content (AvgIpc) is 2.15. The number of fused-ring (bicyclic) bond motifs is 1. The van der Waals surface area contributed by atoms with Crippen molar-refractivity contribution < 1.29 is 8.78 Å². The van der Waals surface area contributed by atoms with Crippen molar-refractivity contribution in [3.63, 3.8) is 0 Å². The zero-order chi connectivity index (χ0) is 11.9. The molecule has 1 heterocycles. The molecule has 2 aromatic rings. The number of nitrogens with zero attached hydrogens (tertiary/aromatic N) is 1. The third kappa shape index (κ3) is 2.11. The van der Waals surface area contributed by atoms with Gasteiger partial charge >= 0.3 is 0 Å². The number of hydrogen-bond donors (Lipinski definition) is 0. The van der Waals surface area contributed by atoms with Crippen LogP contribution < -0.4 is 0 Å². The fourth-order valence-electron chi connectivity index (χ4n) is 1.62. The van der Waals surface area contributed by atoms with Gasteiger partial charge in [-0.05, 0) is 30.7 Å². The van der Waals surface area contributed by atoms with Crippen molar-refractivity contribution in [1.82, 2.24) is 4.98 Å². The summed E-state index contributed by atoms with van der Waals surface area (Å²) in [5.41, 5.74) is 1.17. The van der Waals surface area contributed by atoms with Gasteiger partial charge < -0.3 is 0 Å². The van der Waals surface area contributed by atoms with Crippen LogP contribution in [-0.4, -0.2) is 4.98 Å². The Kier molecular flexibility index (Phi) is 3.26. The Bertz CT molecular complexity index is 555. The van der Waals surface area contributed by atoms with Crippen LogP contribution in [0.2, 0.25) is 0 Å². The van der Waals surface area contributed by atoms with Crippen molar-refractivity contribution >= 4 is 42.8 Å². The zero-order valence-corrected chi connectivity index (χ0v) is 11.4. The lowest BCUT2D eigenvalue weighted by Gasteiger charge is -2.08. The molecule has 1 aromatic heterocycles. The summed E-state index contributed by atoms with van der Waals surface area (Å²) in [6, 6.07) is 5.03. The van der Waals surface area contributed by atoms with Crippen LogP contribution >= 0.6 is 31.9 Å². The second-order valence-electron chi connectivity index (χ2n) is 3.45. The molecule has 0 atom stereocenters. The molecule has 0 bridgehead atoms. The number of alkyl halides is 2. The standard InChI is InChI=1S/C11H7Br2F2N/c1-5-2-9(11(14)15)16-8-4-6(12)3-7(13)10(5)8/h2-4,11H,1H3. The monoisotopic (exact) mass is 349 g/mol. The first-order valence-corrected chi connectivity index (χ1v) is 6.12. The van der Waals surface area contributed by atoms with E-state index in [1.807, 2.05) is 6.07 Å². The fraction of sp³-hybridized carbons (Fsp3) is 0.182. The van der Waals surface area contributed by atoms with Crippen molar-refractivity contribution in [3.8, 4) is 0 Å². The number of pyridine rings is 1. The van der Waals surface area contributed by atoms with E-state index < -0.39 is 6.43 Å². The van der Waals surface area contributed by atoms with Gasteiger partial charge in [-0.25, -0.2) is 13.8 Å². The van der Waals surface area contributed by atoms with Gasteiger partial charge in [0.25, 0.3) is 6.43 Å². The van der Waals surface area contributed by atoms with E-state index in [0.29, 0.717) is 5.52 Å². The van der Waals surface area contributed by atoms with Crippen molar-refractivity contribution in [1.29, 1.82) is 0 Å². The Morgan fingerprint density at radius 1 is 1.19 bits per heavy atom. The maximum atomic E-state index is 12.6. The van der Waals surface area contributed by atoms with Crippen LogP contribution in [0.15, 0.2) is 27.1 Å². The Morgan fingerprint density at radius 3 is 2.50 bits per heavy atom. The largest absolute Gasteiger partial charge is 0.280 e. The topological polar surface area (TPSA) is 12.9 Å². The predicted octanol–water partition coefficient (Wildman–Crippen LogP) is 5.01. The summed E-state index contributed by atoms with van der Waals surface area (Å²) in [5.74, 6) is 0. The lowest BCUT2D eigenvalue weighted by molar-refractivity contribution is 0.146. The first-order valence-electron chi connectivity index (χ1n) is 4.53. The van der Waals surface area contributed by atoms with Crippen molar-refractivity contribution in [2.75, 3.05) is 0 Å². The SMILES string of the molecule is Cc1cc(C(F)F)nc2cc(Br)cc(Br)c12. The van der Waals surface area contributed by atoms with Gasteiger partial charge in [0.15, 0.2) is 0 Å². The van der Waals surface area contributed by atoms with Crippen molar-refractivity contribution in [3.05, 3.63) is 38.4 Å². The highest BCUT2D eigenvalue weighted by molar-refractivity contribution is 9.11. The highest BCUT2D eigenvalue weighted by atomic mass is 79.9. The van der Waals surface area contributed by atoms with E-state index in [1.165, 1.54) is 6.07 Å². The van der Waals surface area contributed by atoms with Crippen LogP contribution in [0.5, 0.6) is 0 Å². The third-order valence-electron chi connectivity index (χ3n) is 2.27. The number of hydrogen-bond acceptors (Lipinski definition) is 1. The van der Waals surface area contributed by atoms with Crippen LogP contribution in [-0.2, 0) is 0 Å². The minimum atomic E-state index is -2.54. The summed E-state index contributed by atoms with van der Waals surface area (Å²) >= 11 is 6.71. The van der Waals surface area contributed by atoms with Gasteiger partial charge in [0.2, 0.25) is 0 Å². The number of halogens is 4. The zero-order valence-electron chi connectivity index (χ0n) is 8.27. The molecule has 0 amide bonds. The predicted molar refractivity (Wildman–Crippen MR) is 66.8 cm³/mol. The van der Waals surface area contributed by atoms with E-state index in [4.69, 9.17) is 0 Å². The van der Waals surface area contributed by atoms with E-state index >= 15 is 0 Å². The van der Waals surface area contributed by atoms with Crippen LogP contribution in [0.1, 0.15) is 17.7 Å². The molecule has 1 nitrogen and oxygen atoms in total. The molecule has 0 aliphatic heterocycles. The molecule has 84 valence electrons. The fourth-order valence-corrected chi connectivity index (χ4v) is 3.13. The van der Waals surface area contributed by atoms with Gasteiger partial charge in [0.05, 0.1) is 5.52 Å². The van der Waals surface area contributed by atoms with Gasteiger partial charge in [-0.1, -0.05) is 31.9 Å². The van der Waals surface area contributed by atoms with Crippen LogP contribution in [0.3, 0.4) is 0 Å². The summed E-state index contributed by atoms with van der Waals surface area (Å²) in [6.07, 6.45) is -2.54. The van der Waals surface area contributed by atoms with Gasteiger partial charge in [0, 0.05) is 14.3 Å². The molecule has 0 aliphatic rings. The Labute approximate surface area is 108 Å². The lowest BCUT2D eigenvalue weighted by atomic mass is 10.1. The van der Waals surface area contributed by atoms with Crippen molar-refractivity contribution in [2.24, 2.45) is 0 Å². The number of rotatable bonds is 1. The molecule has 16 heavy (non-hydrogen) atoms. The van der Waals surface area contributed by atoms with Crippen LogP contribution in [0.25, 0.3) is 10.9 Å². The summed E-state index contributed by atoms with van der Waals surface area (Å²) in [6.45, 7) is 1.80. The van der Waals surface area contributed by atoms with E-state index in [1.54, 1.807) is 13.0 Å². The molecule has 0 N–H and O–H groups in total. The van der Waals surface area contributed by atoms with Gasteiger partial charge in [-0.2, -0.15) is 0 Å². The maximum absolute atomic E-state index is 12.6. The maximum Gasteiger partial charge on any atom is 0.280 e.